The van der Waals surface area contributed by atoms with Gasteiger partial charge in [0.1, 0.15) is 11.6 Å². The molecule has 8 nitrogen and oxygen atoms in total. The van der Waals surface area contributed by atoms with E-state index in [1.165, 1.54) is 6.42 Å². The average Bonchev–Trinajstić information content (AvgIpc) is 3.32. The number of hydrogen-bond donors (Lipinski definition) is 2. The van der Waals surface area contributed by atoms with Gasteiger partial charge in [-0.05, 0) is 45.4 Å². The zero-order valence-corrected chi connectivity index (χ0v) is 18.0. The molecule has 8 heteroatoms. The number of urea groups is 1. The third kappa shape index (κ3) is 3.93. The molecule has 5 amide bonds. The summed E-state index contributed by atoms with van der Waals surface area (Å²) >= 11 is 0. The van der Waals surface area contributed by atoms with Crippen molar-refractivity contribution >= 4 is 23.8 Å². The SMILES string of the molecule is CC(C(=O)N1CCCC(C(=O)NC2CCCCC2)C1)N1C(=O)NC2(CCCC2)C1=O. The Bertz CT molecular complexity index is 712. The molecule has 0 bridgehead atoms. The molecule has 2 saturated carbocycles. The number of nitrogens with zero attached hydrogens (tertiary/aromatic N) is 2. The van der Waals surface area contributed by atoms with Crippen molar-refractivity contribution in [2.24, 2.45) is 5.92 Å². The van der Waals surface area contributed by atoms with Crippen LogP contribution in [0.2, 0.25) is 0 Å². The minimum atomic E-state index is -0.849. The Morgan fingerprint density at radius 3 is 2.43 bits per heavy atom. The number of amides is 5. The van der Waals surface area contributed by atoms with Gasteiger partial charge in [-0.2, -0.15) is 0 Å². The maximum atomic E-state index is 13.2. The first kappa shape index (κ1) is 21.1. The third-order valence-corrected chi connectivity index (χ3v) is 7.45. The lowest BCUT2D eigenvalue weighted by atomic mass is 9.92. The van der Waals surface area contributed by atoms with E-state index in [0.29, 0.717) is 25.9 Å². The lowest BCUT2D eigenvalue weighted by molar-refractivity contribution is -0.145. The lowest BCUT2D eigenvalue weighted by Gasteiger charge is -2.36. The highest BCUT2D eigenvalue weighted by atomic mass is 16.2. The molecule has 2 atom stereocenters. The number of rotatable bonds is 4. The summed E-state index contributed by atoms with van der Waals surface area (Å²) in [5.74, 6) is -0.703. The van der Waals surface area contributed by atoms with Gasteiger partial charge in [0.25, 0.3) is 5.91 Å². The molecule has 2 aliphatic carbocycles. The molecule has 2 aliphatic heterocycles. The number of carbonyl (C=O) groups is 4. The first-order valence-corrected chi connectivity index (χ1v) is 11.7. The van der Waals surface area contributed by atoms with Crippen molar-refractivity contribution in [3.63, 3.8) is 0 Å². The molecule has 2 heterocycles. The molecule has 2 N–H and O–H groups in total. The van der Waals surface area contributed by atoms with Crippen LogP contribution in [0.25, 0.3) is 0 Å². The Balaban J connectivity index is 1.37. The second-order valence-corrected chi connectivity index (χ2v) is 9.54. The molecular formula is C22H34N4O4. The quantitative estimate of drug-likeness (QED) is 0.682. The summed E-state index contributed by atoms with van der Waals surface area (Å²) in [5.41, 5.74) is -0.810. The Hall–Kier alpha value is -2.12. The predicted molar refractivity (Wildman–Crippen MR) is 110 cm³/mol. The minimum absolute atomic E-state index is 0.0342. The predicted octanol–water partition coefficient (Wildman–Crippen LogP) is 1.93. The third-order valence-electron chi connectivity index (χ3n) is 7.45. The van der Waals surface area contributed by atoms with Gasteiger partial charge in [0.05, 0.1) is 5.92 Å². The highest BCUT2D eigenvalue weighted by molar-refractivity contribution is 6.10. The van der Waals surface area contributed by atoms with Crippen LogP contribution in [0.4, 0.5) is 4.79 Å². The summed E-state index contributed by atoms with van der Waals surface area (Å²) < 4.78 is 0. The largest absolute Gasteiger partial charge is 0.353 e. The Morgan fingerprint density at radius 2 is 1.73 bits per heavy atom. The van der Waals surface area contributed by atoms with E-state index < -0.39 is 17.6 Å². The highest BCUT2D eigenvalue weighted by Crippen LogP contribution is 2.36. The van der Waals surface area contributed by atoms with E-state index in [-0.39, 0.29) is 29.7 Å². The van der Waals surface area contributed by atoms with Gasteiger partial charge < -0.3 is 15.5 Å². The van der Waals surface area contributed by atoms with Crippen LogP contribution in [-0.2, 0) is 14.4 Å². The average molecular weight is 419 g/mol. The molecule has 2 saturated heterocycles. The van der Waals surface area contributed by atoms with Crippen molar-refractivity contribution in [3.8, 4) is 0 Å². The fourth-order valence-electron chi connectivity index (χ4n) is 5.64. The monoisotopic (exact) mass is 418 g/mol. The van der Waals surface area contributed by atoms with E-state index in [1.807, 2.05) is 0 Å². The van der Waals surface area contributed by atoms with Gasteiger partial charge in [0.15, 0.2) is 0 Å². The summed E-state index contributed by atoms with van der Waals surface area (Å²) in [6.45, 7) is 2.54. The smallest absolute Gasteiger partial charge is 0.325 e. The van der Waals surface area contributed by atoms with Gasteiger partial charge in [-0.25, -0.2) is 9.69 Å². The first-order chi connectivity index (χ1) is 14.4. The number of likely N-dealkylation sites (tertiary alicyclic amines) is 1. The number of piperidine rings is 1. The first-order valence-electron chi connectivity index (χ1n) is 11.7. The maximum Gasteiger partial charge on any atom is 0.325 e. The lowest BCUT2D eigenvalue weighted by Crippen LogP contribution is -2.54. The van der Waals surface area contributed by atoms with Crippen molar-refractivity contribution < 1.29 is 19.2 Å². The van der Waals surface area contributed by atoms with Crippen LogP contribution in [-0.4, -0.2) is 64.3 Å². The Morgan fingerprint density at radius 1 is 1.03 bits per heavy atom. The highest BCUT2D eigenvalue weighted by Gasteiger charge is 2.55. The molecule has 1 spiro atoms. The van der Waals surface area contributed by atoms with Crippen molar-refractivity contribution in [3.05, 3.63) is 0 Å². The Labute approximate surface area is 178 Å². The number of nitrogens with one attached hydrogen (secondary N) is 2. The van der Waals surface area contributed by atoms with Gasteiger partial charge in [-0.3, -0.25) is 14.4 Å². The van der Waals surface area contributed by atoms with E-state index in [9.17, 15) is 19.2 Å². The molecule has 0 aromatic heterocycles. The van der Waals surface area contributed by atoms with Gasteiger partial charge >= 0.3 is 6.03 Å². The van der Waals surface area contributed by atoms with Gasteiger partial charge in [-0.1, -0.05) is 32.1 Å². The molecule has 4 aliphatic rings. The van der Waals surface area contributed by atoms with E-state index in [2.05, 4.69) is 10.6 Å². The normalized spacial score (nSPS) is 28.0. The topological polar surface area (TPSA) is 98.8 Å². The molecule has 4 fully saturated rings. The van der Waals surface area contributed by atoms with E-state index in [4.69, 9.17) is 0 Å². The number of imide groups is 1. The molecule has 0 radical (unpaired) electrons. The van der Waals surface area contributed by atoms with Crippen LogP contribution in [0.5, 0.6) is 0 Å². The van der Waals surface area contributed by atoms with Crippen molar-refractivity contribution in [1.82, 2.24) is 20.4 Å². The second kappa shape index (κ2) is 8.55. The van der Waals surface area contributed by atoms with E-state index in [1.54, 1.807) is 11.8 Å². The minimum Gasteiger partial charge on any atom is -0.353 e. The van der Waals surface area contributed by atoms with Crippen molar-refractivity contribution in [1.29, 1.82) is 0 Å². The molecule has 0 aromatic carbocycles. The van der Waals surface area contributed by atoms with Crippen LogP contribution in [0.1, 0.15) is 77.6 Å². The van der Waals surface area contributed by atoms with Crippen LogP contribution in [0.15, 0.2) is 0 Å². The van der Waals surface area contributed by atoms with Crippen molar-refractivity contribution in [2.45, 2.75) is 95.2 Å². The zero-order chi connectivity index (χ0) is 21.3. The van der Waals surface area contributed by atoms with Gasteiger partial charge in [-0.15, -0.1) is 0 Å². The van der Waals surface area contributed by atoms with Crippen LogP contribution in [0.3, 0.4) is 0 Å². The Kier molecular flexibility index (Phi) is 6.02. The second-order valence-electron chi connectivity index (χ2n) is 9.54. The molecular weight excluding hydrogens is 384 g/mol. The summed E-state index contributed by atoms with van der Waals surface area (Å²) in [7, 11) is 0. The maximum absolute atomic E-state index is 13.2. The van der Waals surface area contributed by atoms with Gasteiger partial charge in [0, 0.05) is 19.1 Å². The fraction of sp³-hybridized carbons (Fsp3) is 0.818. The summed E-state index contributed by atoms with van der Waals surface area (Å²) in [6, 6.07) is -1.06. The van der Waals surface area contributed by atoms with E-state index >= 15 is 0 Å². The standard InChI is InChI=1S/C22H34N4O4/c1-15(26-20(29)22(24-21(26)30)11-5-6-12-22)19(28)25-13-7-8-16(14-25)18(27)23-17-9-3-2-4-10-17/h15-17H,2-14H2,1H3,(H,23,27)(H,24,30). The van der Waals surface area contributed by atoms with E-state index in [0.717, 1.165) is 56.3 Å². The molecule has 30 heavy (non-hydrogen) atoms. The summed E-state index contributed by atoms with van der Waals surface area (Å²) in [6.07, 6.45) is 10.2. The summed E-state index contributed by atoms with van der Waals surface area (Å²) in [4.78, 5) is 54.2. The van der Waals surface area contributed by atoms with Gasteiger partial charge in [0.2, 0.25) is 11.8 Å². The summed E-state index contributed by atoms with van der Waals surface area (Å²) in [5, 5.41) is 6.02. The molecule has 0 aromatic rings. The van der Waals surface area contributed by atoms with Crippen LogP contribution in [0, 0.1) is 5.92 Å². The van der Waals surface area contributed by atoms with Crippen LogP contribution < -0.4 is 10.6 Å². The number of carbonyl (C=O) groups excluding carboxylic acids is 4. The number of hydrogen-bond acceptors (Lipinski definition) is 4. The fourth-order valence-corrected chi connectivity index (χ4v) is 5.64. The molecule has 2 unspecified atom stereocenters. The molecule has 4 rings (SSSR count). The van der Waals surface area contributed by atoms with Crippen LogP contribution >= 0.6 is 0 Å². The van der Waals surface area contributed by atoms with Crippen molar-refractivity contribution in [2.75, 3.05) is 13.1 Å². The zero-order valence-electron chi connectivity index (χ0n) is 18.0. The molecule has 166 valence electrons.